The molecule has 0 saturated heterocycles. The van der Waals surface area contributed by atoms with Crippen LogP contribution in [0.1, 0.15) is 6.92 Å². The van der Waals surface area contributed by atoms with Gasteiger partial charge < -0.3 is 0 Å². The lowest BCUT2D eigenvalue weighted by Crippen LogP contribution is -2.22. The van der Waals surface area contributed by atoms with Crippen molar-refractivity contribution in [1.29, 1.82) is 0 Å². The Morgan fingerprint density at radius 1 is 1.56 bits per heavy atom. The van der Waals surface area contributed by atoms with Crippen LogP contribution in [0.15, 0.2) is 0 Å². The minimum Gasteiger partial charge on any atom is -0.281 e. The van der Waals surface area contributed by atoms with Crippen LogP contribution in [-0.4, -0.2) is 29.1 Å². The minimum atomic E-state index is 0.236. The van der Waals surface area contributed by atoms with Crippen molar-refractivity contribution in [2.45, 2.75) is 12.2 Å². The Morgan fingerprint density at radius 3 is 2.11 bits per heavy atom. The molecule has 0 aliphatic carbocycles. The van der Waals surface area contributed by atoms with Gasteiger partial charge in [-0.05, 0) is 24.1 Å². The van der Waals surface area contributed by atoms with Gasteiger partial charge in [-0.15, -0.1) is 0 Å². The smallest absolute Gasteiger partial charge is 0.240 e. The van der Waals surface area contributed by atoms with Gasteiger partial charge in [0, 0.05) is 0 Å². The summed E-state index contributed by atoms with van der Waals surface area (Å²) in [6.07, 6.45) is 6.03. The van der Waals surface area contributed by atoms with Crippen LogP contribution in [0.25, 0.3) is 0 Å². The minimum absolute atomic E-state index is 0.236. The summed E-state index contributed by atoms with van der Waals surface area (Å²) in [5, 5.41) is 0.545. The van der Waals surface area contributed by atoms with Gasteiger partial charge in [-0.1, -0.05) is 11.8 Å². The summed E-state index contributed by atoms with van der Waals surface area (Å²) in [4.78, 5) is 10.9. The highest BCUT2D eigenvalue weighted by Crippen LogP contribution is 2.07. The Balaban J connectivity index is 3.72. The zero-order valence-corrected chi connectivity index (χ0v) is 7.94. The summed E-state index contributed by atoms with van der Waals surface area (Å²) < 4.78 is 0. The first-order chi connectivity index (χ1) is 4.09. The third kappa shape index (κ3) is 3.16. The van der Waals surface area contributed by atoms with E-state index in [1.165, 1.54) is 11.8 Å². The highest BCUT2D eigenvalue weighted by molar-refractivity contribution is 8.15. The molecule has 0 aromatic carbocycles. The highest BCUT2D eigenvalue weighted by Gasteiger charge is 2.22. The maximum Gasteiger partial charge on any atom is 0.240 e. The topological polar surface area (TPSA) is 17.1 Å². The maximum absolute atomic E-state index is 10.9. The van der Waals surface area contributed by atoms with Crippen LogP contribution in [0.4, 0.5) is 0 Å². The van der Waals surface area contributed by atoms with E-state index in [-0.39, 0.29) is 16.1 Å². The molecule has 0 fully saturated rings. The third-order valence-electron chi connectivity index (χ3n) is 1.24. The van der Waals surface area contributed by atoms with Crippen LogP contribution < -0.4 is 0 Å². The Hall–Kier alpha value is 0.370. The van der Waals surface area contributed by atoms with Crippen LogP contribution in [0.5, 0.6) is 0 Å². The van der Waals surface area contributed by atoms with Crippen molar-refractivity contribution < 1.29 is 4.79 Å². The van der Waals surface area contributed by atoms with E-state index in [2.05, 4.69) is 12.5 Å². The molecule has 1 atom stereocenters. The average molecular weight is 165 g/mol. The first-order valence-electron chi connectivity index (χ1n) is 2.73. The SMILES string of the molecule is CSC(=O)C(C)[S+](C)C. The molecule has 1 unspecified atom stereocenters. The van der Waals surface area contributed by atoms with Gasteiger partial charge in [0.05, 0.1) is 12.5 Å². The van der Waals surface area contributed by atoms with E-state index >= 15 is 0 Å². The molecule has 0 bridgehead atoms. The number of hydrogen-bond donors (Lipinski definition) is 0. The molecule has 0 aliphatic rings. The predicted molar refractivity (Wildman–Crippen MR) is 47.2 cm³/mol. The molecule has 9 heavy (non-hydrogen) atoms. The normalized spacial score (nSPS) is 13.9. The molecule has 0 heterocycles. The highest BCUT2D eigenvalue weighted by atomic mass is 32.2. The lowest BCUT2D eigenvalue weighted by molar-refractivity contribution is -0.110. The van der Waals surface area contributed by atoms with Crippen LogP contribution in [0, 0.1) is 0 Å². The molecule has 0 spiro atoms. The van der Waals surface area contributed by atoms with Gasteiger partial charge >= 0.3 is 0 Å². The Labute approximate surface area is 63.9 Å². The van der Waals surface area contributed by atoms with E-state index in [1.54, 1.807) is 0 Å². The van der Waals surface area contributed by atoms with Crippen molar-refractivity contribution in [2.24, 2.45) is 0 Å². The molecule has 0 aliphatic heterocycles. The molecule has 0 aromatic rings. The number of carbonyl (C=O) groups excluding carboxylic acids is 1. The van der Waals surface area contributed by atoms with Crippen LogP contribution in [-0.2, 0) is 15.7 Å². The summed E-state index contributed by atoms with van der Waals surface area (Å²) in [6, 6.07) is 0. The molecule has 0 aromatic heterocycles. The summed E-state index contributed by atoms with van der Waals surface area (Å²) >= 11 is 1.33. The van der Waals surface area contributed by atoms with Crippen molar-refractivity contribution in [3.8, 4) is 0 Å². The molecular weight excluding hydrogens is 152 g/mol. The van der Waals surface area contributed by atoms with E-state index < -0.39 is 0 Å². The zero-order chi connectivity index (χ0) is 7.44. The number of thioether (sulfide) groups is 1. The standard InChI is InChI=1S/C6H13OS2/c1-5(9(3)4)6(7)8-2/h5H,1-4H3/q+1. The predicted octanol–water partition coefficient (Wildman–Crippen LogP) is 1.14. The molecule has 3 heteroatoms. The van der Waals surface area contributed by atoms with Gasteiger partial charge in [0.25, 0.3) is 0 Å². The van der Waals surface area contributed by atoms with Gasteiger partial charge in [0.2, 0.25) is 5.12 Å². The summed E-state index contributed by atoms with van der Waals surface area (Å²) in [5.41, 5.74) is 0. The lowest BCUT2D eigenvalue weighted by atomic mass is 10.5. The molecular formula is C6H13OS2+. The van der Waals surface area contributed by atoms with Crippen molar-refractivity contribution in [1.82, 2.24) is 0 Å². The largest absolute Gasteiger partial charge is 0.281 e. The van der Waals surface area contributed by atoms with Crippen molar-refractivity contribution >= 4 is 27.8 Å². The zero-order valence-electron chi connectivity index (χ0n) is 6.30. The molecule has 0 radical (unpaired) electrons. The molecule has 0 saturated carbocycles. The van der Waals surface area contributed by atoms with E-state index in [0.717, 1.165) is 0 Å². The first kappa shape index (κ1) is 9.37. The second-order valence-corrected chi connectivity index (χ2v) is 5.32. The molecule has 54 valence electrons. The van der Waals surface area contributed by atoms with E-state index in [4.69, 9.17) is 0 Å². The van der Waals surface area contributed by atoms with Crippen LogP contribution >= 0.6 is 11.8 Å². The second kappa shape index (κ2) is 4.23. The Bertz CT molecular complexity index is 101. The first-order valence-corrected chi connectivity index (χ1v) is 6.06. The van der Waals surface area contributed by atoms with Gasteiger partial charge in [-0.3, -0.25) is 4.79 Å². The Morgan fingerprint density at radius 2 is 2.00 bits per heavy atom. The third-order valence-corrected chi connectivity index (χ3v) is 3.77. The van der Waals surface area contributed by atoms with Crippen molar-refractivity contribution in [3.63, 3.8) is 0 Å². The fourth-order valence-electron chi connectivity index (χ4n) is 0.358. The van der Waals surface area contributed by atoms with Crippen LogP contribution in [0.3, 0.4) is 0 Å². The van der Waals surface area contributed by atoms with Crippen molar-refractivity contribution in [2.75, 3.05) is 18.8 Å². The fraction of sp³-hybridized carbons (Fsp3) is 0.833. The fourth-order valence-corrected chi connectivity index (χ4v) is 1.94. The monoisotopic (exact) mass is 165 g/mol. The van der Waals surface area contributed by atoms with Gasteiger partial charge in [0.1, 0.15) is 0 Å². The average Bonchev–Trinajstić information content (AvgIpc) is 1.84. The van der Waals surface area contributed by atoms with Gasteiger partial charge in [-0.25, -0.2) is 0 Å². The van der Waals surface area contributed by atoms with E-state index in [9.17, 15) is 4.79 Å². The number of hydrogen-bond acceptors (Lipinski definition) is 2. The second-order valence-electron chi connectivity index (χ2n) is 2.05. The lowest BCUT2D eigenvalue weighted by Gasteiger charge is -2.02. The quantitative estimate of drug-likeness (QED) is 0.571. The van der Waals surface area contributed by atoms with E-state index in [0.29, 0.717) is 5.12 Å². The van der Waals surface area contributed by atoms with E-state index in [1.807, 2.05) is 13.2 Å². The molecule has 0 rings (SSSR count). The molecule has 0 amide bonds. The number of rotatable bonds is 2. The molecule has 1 nitrogen and oxygen atoms in total. The van der Waals surface area contributed by atoms with Crippen LogP contribution in [0.2, 0.25) is 0 Å². The van der Waals surface area contributed by atoms with Gasteiger partial charge in [-0.2, -0.15) is 0 Å². The number of carbonyl (C=O) groups is 1. The summed E-state index contributed by atoms with van der Waals surface area (Å²) in [5.74, 6) is 0. The van der Waals surface area contributed by atoms with Crippen molar-refractivity contribution in [3.05, 3.63) is 0 Å². The van der Waals surface area contributed by atoms with Gasteiger partial charge in [0.15, 0.2) is 5.25 Å². The Kier molecular flexibility index (Phi) is 4.40. The molecule has 0 N–H and O–H groups in total. The maximum atomic E-state index is 10.9. The summed E-state index contributed by atoms with van der Waals surface area (Å²) in [6.45, 7) is 1.99. The summed E-state index contributed by atoms with van der Waals surface area (Å²) in [7, 11) is 0.239.